The predicted octanol–water partition coefficient (Wildman–Crippen LogP) is 5.15. The zero-order valence-electron chi connectivity index (χ0n) is 14.0. The fraction of sp³-hybridized carbons (Fsp3) is 1.00. The van der Waals surface area contributed by atoms with Gasteiger partial charge in [-0.2, -0.15) is 0 Å². The molecule has 4 fully saturated rings. The summed E-state index contributed by atoms with van der Waals surface area (Å²) in [6.45, 7) is 8.39. The van der Waals surface area contributed by atoms with Crippen molar-refractivity contribution in [1.82, 2.24) is 5.32 Å². The van der Waals surface area contributed by atoms with Crippen molar-refractivity contribution < 1.29 is 0 Å². The summed E-state index contributed by atoms with van der Waals surface area (Å²) in [7, 11) is 0. The lowest BCUT2D eigenvalue weighted by molar-refractivity contribution is -0.119. The Morgan fingerprint density at radius 2 is 1.75 bits per heavy atom. The lowest BCUT2D eigenvalue weighted by atomic mass is 9.43. The highest BCUT2D eigenvalue weighted by Gasteiger charge is 2.57. The van der Waals surface area contributed by atoms with Crippen LogP contribution in [0.3, 0.4) is 0 Å². The third-order valence-electron chi connectivity index (χ3n) is 6.68. The van der Waals surface area contributed by atoms with Gasteiger partial charge in [-0.15, -0.1) is 0 Å². The average Bonchev–Trinajstić information content (AvgIpc) is 2.35. The van der Waals surface area contributed by atoms with E-state index in [1.165, 1.54) is 32.1 Å². The quantitative estimate of drug-likeness (QED) is 0.634. The minimum Gasteiger partial charge on any atom is -0.314 e. The summed E-state index contributed by atoms with van der Waals surface area (Å²) in [6.07, 6.45) is 14.9. The molecular weight excluding hydrogens is 242 g/mol. The molecule has 116 valence electrons. The maximum absolute atomic E-state index is 3.92. The van der Waals surface area contributed by atoms with Crippen molar-refractivity contribution in [1.29, 1.82) is 0 Å². The van der Waals surface area contributed by atoms with Crippen LogP contribution in [0.15, 0.2) is 0 Å². The van der Waals surface area contributed by atoms with Crippen molar-refractivity contribution in [2.24, 2.45) is 22.7 Å². The van der Waals surface area contributed by atoms with Gasteiger partial charge < -0.3 is 5.32 Å². The Bertz CT molecular complexity index is 321. The number of unbranched alkanes of at least 4 members (excludes halogenated alkanes) is 2. The van der Waals surface area contributed by atoms with Gasteiger partial charge in [0.15, 0.2) is 0 Å². The highest BCUT2D eigenvalue weighted by atomic mass is 14.9. The van der Waals surface area contributed by atoms with Crippen LogP contribution in [0.5, 0.6) is 0 Å². The molecule has 3 atom stereocenters. The number of hydrogen-bond acceptors (Lipinski definition) is 1. The molecule has 4 aliphatic carbocycles. The Kier molecular flexibility index (Phi) is 4.19. The molecule has 0 radical (unpaired) electrons. The number of rotatable bonds is 7. The Balaban J connectivity index is 1.75. The lowest BCUT2D eigenvalue weighted by Gasteiger charge is -2.63. The maximum Gasteiger partial charge on any atom is 0.0124 e. The highest BCUT2D eigenvalue weighted by Crippen LogP contribution is 2.66. The zero-order chi connectivity index (χ0) is 14.2. The first-order valence-electron chi connectivity index (χ1n) is 9.32. The Morgan fingerprint density at radius 1 is 1.05 bits per heavy atom. The molecule has 0 spiro atoms. The summed E-state index contributed by atoms with van der Waals surface area (Å²) in [6, 6.07) is 0.810. The highest BCUT2D eigenvalue weighted by molar-refractivity contribution is 5.09. The summed E-state index contributed by atoms with van der Waals surface area (Å²) in [5.74, 6) is 2.13. The normalized spacial score (nSPS) is 44.0. The average molecular weight is 277 g/mol. The summed E-state index contributed by atoms with van der Waals surface area (Å²) >= 11 is 0. The van der Waals surface area contributed by atoms with Gasteiger partial charge in [0.25, 0.3) is 0 Å². The molecule has 0 amide bonds. The first kappa shape index (κ1) is 14.9. The van der Waals surface area contributed by atoms with Gasteiger partial charge in [0.2, 0.25) is 0 Å². The molecule has 4 rings (SSSR count). The van der Waals surface area contributed by atoms with Crippen LogP contribution in [0, 0.1) is 22.7 Å². The second-order valence-electron chi connectivity index (χ2n) is 8.74. The minimum absolute atomic E-state index is 0.669. The lowest BCUT2D eigenvalue weighted by Crippen LogP contribution is -2.58. The van der Waals surface area contributed by atoms with E-state index in [0.29, 0.717) is 10.8 Å². The van der Waals surface area contributed by atoms with Crippen LogP contribution in [-0.2, 0) is 0 Å². The molecule has 1 N–H and O–H groups in total. The fourth-order valence-electron chi connectivity index (χ4n) is 6.68. The van der Waals surface area contributed by atoms with Crippen LogP contribution in [0.25, 0.3) is 0 Å². The topological polar surface area (TPSA) is 12.0 Å². The van der Waals surface area contributed by atoms with Gasteiger partial charge in [-0.1, -0.05) is 40.0 Å². The smallest absolute Gasteiger partial charge is 0.0124 e. The van der Waals surface area contributed by atoms with Gasteiger partial charge in [-0.05, 0) is 74.2 Å². The largest absolute Gasteiger partial charge is 0.314 e. The molecule has 4 aliphatic rings. The third kappa shape index (κ3) is 2.67. The van der Waals surface area contributed by atoms with E-state index in [1.807, 2.05) is 0 Å². The monoisotopic (exact) mass is 277 g/mol. The molecule has 0 aromatic rings. The van der Waals surface area contributed by atoms with Crippen molar-refractivity contribution in [3.8, 4) is 0 Å². The molecule has 0 aliphatic heterocycles. The Hall–Kier alpha value is -0.0400. The van der Waals surface area contributed by atoms with E-state index in [1.54, 1.807) is 32.1 Å². The maximum atomic E-state index is 3.92. The van der Waals surface area contributed by atoms with E-state index in [2.05, 4.69) is 26.1 Å². The molecule has 0 saturated heterocycles. The fourth-order valence-corrected chi connectivity index (χ4v) is 6.68. The summed E-state index contributed by atoms with van der Waals surface area (Å²) in [5.41, 5.74) is 1.37. The van der Waals surface area contributed by atoms with Gasteiger partial charge >= 0.3 is 0 Å². The molecule has 0 heterocycles. The third-order valence-corrected chi connectivity index (χ3v) is 6.68. The van der Waals surface area contributed by atoms with E-state index in [0.717, 1.165) is 24.4 Å². The molecule has 4 bridgehead atoms. The van der Waals surface area contributed by atoms with Crippen molar-refractivity contribution in [3.05, 3.63) is 0 Å². The van der Waals surface area contributed by atoms with Crippen molar-refractivity contribution in [2.75, 3.05) is 6.54 Å². The zero-order valence-corrected chi connectivity index (χ0v) is 14.0. The molecule has 1 heteroatoms. The van der Waals surface area contributed by atoms with Crippen molar-refractivity contribution in [3.63, 3.8) is 0 Å². The van der Waals surface area contributed by atoms with Gasteiger partial charge in [-0.25, -0.2) is 0 Å². The van der Waals surface area contributed by atoms with Crippen LogP contribution >= 0.6 is 0 Å². The molecule has 0 aromatic heterocycles. The van der Waals surface area contributed by atoms with Gasteiger partial charge in [0.05, 0.1) is 0 Å². The van der Waals surface area contributed by atoms with Gasteiger partial charge in [-0.3, -0.25) is 0 Å². The summed E-state index contributed by atoms with van der Waals surface area (Å²) in [5, 5.41) is 3.92. The Labute approximate surface area is 126 Å². The molecule has 4 saturated carbocycles. The minimum atomic E-state index is 0.669. The van der Waals surface area contributed by atoms with Crippen LogP contribution in [-0.4, -0.2) is 12.6 Å². The summed E-state index contributed by atoms with van der Waals surface area (Å²) in [4.78, 5) is 0. The van der Waals surface area contributed by atoms with E-state index in [4.69, 9.17) is 0 Å². The first-order chi connectivity index (χ1) is 9.59. The SMILES string of the molecule is CCCCCC(NCC)C12CC3CC(CC(C)(C3)C1)C2. The Morgan fingerprint density at radius 3 is 2.30 bits per heavy atom. The van der Waals surface area contributed by atoms with E-state index in [-0.39, 0.29) is 0 Å². The van der Waals surface area contributed by atoms with Crippen LogP contribution in [0.1, 0.15) is 85.0 Å². The predicted molar refractivity (Wildman–Crippen MR) is 86.8 cm³/mol. The van der Waals surface area contributed by atoms with Gasteiger partial charge in [0, 0.05) is 6.04 Å². The molecule has 0 aromatic carbocycles. The molecule has 3 unspecified atom stereocenters. The van der Waals surface area contributed by atoms with Crippen LogP contribution in [0.4, 0.5) is 0 Å². The standard InChI is InChI=1S/C19H35N/c1-4-6-7-8-17(20-5-2)19-12-15-9-16(13-19)11-18(3,10-15)14-19/h15-17,20H,4-14H2,1-3H3. The van der Waals surface area contributed by atoms with E-state index < -0.39 is 0 Å². The molecular formula is C19H35N. The van der Waals surface area contributed by atoms with Crippen LogP contribution < -0.4 is 5.32 Å². The van der Waals surface area contributed by atoms with E-state index in [9.17, 15) is 0 Å². The second kappa shape index (κ2) is 5.63. The van der Waals surface area contributed by atoms with Gasteiger partial charge in [0.1, 0.15) is 0 Å². The first-order valence-corrected chi connectivity index (χ1v) is 9.32. The van der Waals surface area contributed by atoms with Crippen molar-refractivity contribution >= 4 is 0 Å². The molecule has 1 nitrogen and oxygen atoms in total. The molecule has 20 heavy (non-hydrogen) atoms. The van der Waals surface area contributed by atoms with E-state index >= 15 is 0 Å². The number of nitrogens with one attached hydrogen (secondary N) is 1. The summed E-state index contributed by atoms with van der Waals surface area (Å²) < 4.78 is 0. The van der Waals surface area contributed by atoms with Crippen molar-refractivity contribution in [2.45, 2.75) is 91.0 Å². The van der Waals surface area contributed by atoms with Crippen LogP contribution in [0.2, 0.25) is 0 Å². The number of hydrogen-bond donors (Lipinski definition) is 1. The second-order valence-corrected chi connectivity index (χ2v) is 8.74.